The number of aliphatic hydroxyl groups is 1. The number of hydrogen-bond acceptors (Lipinski definition) is 2. The van der Waals surface area contributed by atoms with Gasteiger partial charge in [-0.15, -0.1) is 0 Å². The lowest BCUT2D eigenvalue weighted by Gasteiger charge is -2.25. The van der Waals surface area contributed by atoms with E-state index in [-0.39, 0.29) is 18.9 Å². The van der Waals surface area contributed by atoms with Gasteiger partial charge in [0.2, 0.25) is 5.91 Å². The molecular formula is C16H17F3N2O2. The molecule has 1 aliphatic heterocycles. The van der Waals surface area contributed by atoms with E-state index < -0.39 is 24.7 Å². The molecule has 1 aliphatic rings. The molecule has 23 heavy (non-hydrogen) atoms. The molecule has 2 N–H and O–H groups in total. The maximum absolute atomic E-state index is 12.8. The van der Waals surface area contributed by atoms with Crippen molar-refractivity contribution in [1.82, 2.24) is 9.88 Å². The van der Waals surface area contributed by atoms with Crippen LogP contribution in [0.15, 0.2) is 30.5 Å². The van der Waals surface area contributed by atoms with E-state index in [1.807, 2.05) is 30.5 Å². The first kappa shape index (κ1) is 15.9. The molecule has 7 heteroatoms. The van der Waals surface area contributed by atoms with E-state index in [4.69, 9.17) is 0 Å². The molecule has 0 bridgehead atoms. The standard InChI is InChI=1S/C16H17F3N2O2/c17-16(18,19)15(23)7-8-21(10-15)14(22)6-5-11-9-20-13-4-2-1-3-12(11)13/h1-4,9,20,23H,5-8,10H2/t15-/m0/s1. The molecule has 0 radical (unpaired) electrons. The number of hydrogen-bond donors (Lipinski definition) is 2. The van der Waals surface area contributed by atoms with Gasteiger partial charge in [0, 0.05) is 36.5 Å². The highest BCUT2D eigenvalue weighted by Crippen LogP contribution is 2.37. The number of nitrogens with one attached hydrogen (secondary N) is 1. The average molecular weight is 326 g/mol. The van der Waals surface area contributed by atoms with Gasteiger partial charge in [0.15, 0.2) is 5.60 Å². The normalized spacial score (nSPS) is 22.0. The number of nitrogens with zero attached hydrogens (tertiary/aromatic N) is 1. The Hall–Kier alpha value is -2.02. The summed E-state index contributed by atoms with van der Waals surface area (Å²) < 4.78 is 38.3. The summed E-state index contributed by atoms with van der Waals surface area (Å²) in [5, 5.41) is 10.6. The van der Waals surface area contributed by atoms with Crippen LogP contribution in [0.25, 0.3) is 10.9 Å². The molecule has 1 amide bonds. The zero-order valence-electron chi connectivity index (χ0n) is 12.4. The Bertz CT molecular complexity index is 725. The van der Waals surface area contributed by atoms with Crippen LogP contribution in [0.1, 0.15) is 18.4 Å². The van der Waals surface area contributed by atoms with Crippen LogP contribution >= 0.6 is 0 Å². The van der Waals surface area contributed by atoms with Gasteiger partial charge in [-0.2, -0.15) is 13.2 Å². The van der Waals surface area contributed by atoms with Crippen molar-refractivity contribution in [3.05, 3.63) is 36.0 Å². The van der Waals surface area contributed by atoms with Crippen LogP contribution in [0, 0.1) is 0 Å². The minimum absolute atomic E-state index is 0.0667. The van der Waals surface area contributed by atoms with Crippen molar-refractivity contribution >= 4 is 16.8 Å². The summed E-state index contributed by atoms with van der Waals surface area (Å²) in [5.74, 6) is -0.365. The lowest BCUT2D eigenvalue weighted by Crippen LogP contribution is -2.48. The summed E-state index contributed by atoms with van der Waals surface area (Å²) in [6, 6.07) is 7.65. The smallest absolute Gasteiger partial charge is 0.379 e. The number of amides is 1. The van der Waals surface area contributed by atoms with Crippen molar-refractivity contribution in [2.24, 2.45) is 0 Å². The minimum atomic E-state index is -4.71. The van der Waals surface area contributed by atoms with Gasteiger partial charge in [0.25, 0.3) is 0 Å². The summed E-state index contributed by atoms with van der Waals surface area (Å²) >= 11 is 0. The number of alkyl halides is 3. The number of rotatable bonds is 3. The molecule has 0 aliphatic carbocycles. The number of halogens is 3. The molecule has 1 atom stereocenters. The highest BCUT2D eigenvalue weighted by atomic mass is 19.4. The summed E-state index contributed by atoms with van der Waals surface area (Å²) in [5.41, 5.74) is -0.856. The Kier molecular flexibility index (Phi) is 3.83. The molecule has 124 valence electrons. The second kappa shape index (κ2) is 5.56. The molecule has 1 fully saturated rings. The maximum atomic E-state index is 12.8. The summed E-state index contributed by atoms with van der Waals surface area (Å²) in [6.07, 6.45) is -2.79. The Morgan fingerprint density at radius 2 is 2.09 bits per heavy atom. The molecule has 1 saturated heterocycles. The summed E-state index contributed by atoms with van der Waals surface area (Å²) in [6.45, 7) is -0.744. The molecule has 2 aromatic rings. The van der Waals surface area contributed by atoms with Crippen molar-refractivity contribution in [1.29, 1.82) is 0 Å². The van der Waals surface area contributed by atoms with Crippen LogP contribution in [0.5, 0.6) is 0 Å². The highest BCUT2D eigenvalue weighted by Gasteiger charge is 2.57. The average Bonchev–Trinajstić information content (AvgIpc) is 3.09. The number of carbonyl (C=O) groups is 1. The van der Waals surface area contributed by atoms with Gasteiger partial charge in [0.05, 0.1) is 6.54 Å². The van der Waals surface area contributed by atoms with E-state index in [9.17, 15) is 23.1 Å². The predicted molar refractivity (Wildman–Crippen MR) is 78.8 cm³/mol. The van der Waals surface area contributed by atoms with Crippen LogP contribution in [0.2, 0.25) is 0 Å². The first-order chi connectivity index (χ1) is 10.8. The number of benzene rings is 1. The number of fused-ring (bicyclic) bond motifs is 1. The molecule has 0 spiro atoms. The largest absolute Gasteiger partial charge is 0.419 e. The van der Waals surface area contributed by atoms with Crippen LogP contribution in [0.3, 0.4) is 0 Å². The number of likely N-dealkylation sites (tertiary alicyclic amines) is 1. The van der Waals surface area contributed by atoms with E-state index in [0.29, 0.717) is 6.42 Å². The number of β-amino-alcohol motifs (C(OH)–C–C–N with tert-alkyl or cyclic N) is 1. The summed E-state index contributed by atoms with van der Waals surface area (Å²) in [4.78, 5) is 16.3. The fourth-order valence-corrected chi connectivity index (χ4v) is 2.98. The number of aromatic nitrogens is 1. The molecule has 4 nitrogen and oxygen atoms in total. The van der Waals surface area contributed by atoms with E-state index >= 15 is 0 Å². The number of aryl methyl sites for hydroxylation is 1. The van der Waals surface area contributed by atoms with Crippen molar-refractivity contribution < 1.29 is 23.1 Å². The zero-order chi connectivity index (χ0) is 16.7. The zero-order valence-corrected chi connectivity index (χ0v) is 12.4. The van der Waals surface area contributed by atoms with Gasteiger partial charge < -0.3 is 15.0 Å². The van der Waals surface area contributed by atoms with Crippen molar-refractivity contribution in [3.63, 3.8) is 0 Å². The van der Waals surface area contributed by atoms with E-state index in [1.54, 1.807) is 0 Å². The van der Waals surface area contributed by atoms with Crippen LogP contribution in [-0.2, 0) is 11.2 Å². The number of H-pyrrole nitrogens is 1. The number of para-hydroxylation sites is 1. The van der Waals surface area contributed by atoms with Gasteiger partial charge in [-0.1, -0.05) is 18.2 Å². The van der Waals surface area contributed by atoms with Gasteiger partial charge in [-0.05, 0) is 18.1 Å². The Balaban J connectivity index is 1.62. The van der Waals surface area contributed by atoms with E-state index in [2.05, 4.69) is 4.98 Å². The second-order valence-electron chi connectivity index (χ2n) is 5.95. The van der Waals surface area contributed by atoms with Crippen molar-refractivity contribution in [2.75, 3.05) is 13.1 Å². The van der Waals surface area contributed by atoms with Crippen LogP contribution in [0.4, 0.5) is 13.2 Å². The first-order valence-corrected chi connectivity index (χ1v) is 7.42. The van der Waals surface area contributed by atoms with Gasteiger partial charge >= 0.3 is 6.18 Å². The molecule has 1 aromatic heterocycles. The lowest BCUT2D eigenvalue weighted by atomic mass is 10.0. The summed E-state index contributed by atoms with van der Waals surface area (Å²) in [7, 11) is 0. The third-order valence-electron chi connectivity index (χ3n) is 4.41. The molecule has 0 unspecified atom stereocenters. The fraction of sp³-hybridized carbons (Fsp3) is 0.438. The lowest BCUT2D eigenvalue weighted by molar-refractivity contribution is -0.253. The Morgan fingerprint density at radius 1 is 1.35 bits per heavy atom. The maximum Gasteiger partial charge on any atom is 0.419 e. The highest BCUT2D eigenvalue weighted by molar-refractivity contribution is 5.84. The molecular weight excluding hydrogens is 309 g/mol. The number of carbonyl (C=O) groups excluding carboxylic acids is 1. The van der Waals surface area contributed by atoms with Crippen LogP contribution in [-0.4, -0.2) is 45.8 Å². The minimum Gasteiger partial charge on any atom is -0.379 e. The molecule has 2 heterocycles. The molecule has 1 aromatic carbocycles. The second-order valence-corrected chi connectivity index (χ2v) is 5.95. The third-order valence-corrected chi connectivity index (χ3v) is 4.41. The SMILES string of the molecule is O=C(CCc1c[nH]c2ccccc12)N1CC[C@@](O)(C(F)(F)F)C1. The number of aromatic amines is 1. The third kappa shape index (κ3) is 2.93. The molecule has 0 saturated carbocycles. The molecule has 3 rings (SSSR count). The van der Waals surface area contributed by atoms with E-state index in [0.717, 1.165) is 21.4 Å². The van der Waals surface area contributed by atoms with Gasteiger partial charge in [0.1, 0.15) is 0 Å². The quantitative estimate of drug-likeness (QED) is 0.911. The predicted octanol–water partition coefficient (Wildman–Crippen LogP) is 2.63. The van der Waals surface area contributed by atoms with Gasteiger partial charge in [-0.3, -0.25) is 4.79 Å². The van der Waals surface area contributed by atoms with Crippen molar-refractivity contribution in [3.8, 4) is 0 Å². The topological polar surface area (TPSA) is 56.3 Å². The first-order valence-electron chi connectivity index (χ1n) is 7.42. The van der Waals surface area contributed by atoms with Crippen molar-refractivity contribution in [2.45, 2.75) is 31.0 Å². The van der Waals surface area contributed by atoms with Crippen LogP contribution < -0.4 is 0 Å². The van der Waals surface area contributed by atoms with E-state index in [1.165, 1.54) is 0 Å². The fourth-order valence-electron chi connectivity index (χ4n) is 2.98. The Morgan fingerprint density at radius 3 is 2.78 bits per heavy atom. The Labute approximate surface area is 130 Å². The van der Waals surface area contributed by atoms with Gasteiger partial charge in [-0.25, -0.2) is 0 Å². The monoisotopic (exact) mass is 326 g/mol.